The molecule has 1 atom stereocenters. The summed E-state index contributed by atoms with van der Waals surface area (Å²) in [5.74, 6) is 0.151. The Balaban J connectivity index is 1.93. The minimum absolute atomic E-state index is 0.0542. The van der Waals surface area contributed by atoms with Crippen LogP contribution >= 0.6 is 0 Å². The smallest absolute Gasteiger partial charge is 0.273 e. The molecule has 1 aliphatic heterocycles. The number of carbonyl (C=O) groups excluding carboxylic acids is 1. The number of carbonyl (C=O) groups is 1. The highest BCUT2D eigenvalue weighted by molar-refractivity contribution is 6.00. The van der Waals surface area contributed by atoms with E-state index in [0.717, 1.165) is 22.4 Å². The van der Waals surface area contributed by atoms with Gasteiger partial charge in [0.15, 0.2) is 0 Å². The van der Waals surface area contributed by atoms with Gasteiger partial charge in [-0.25, -0.2) is 0 Å². The van der Waals surface area contributed by atoms with Gasteiger partial charge in [-0.05, 0) is 45.4 Å². The molecule has 138 valence electrons. The second-order valence-corrected chi connectivity index (χ2v) is 8.07. The third-order valence-electron chi connectivity index (χ3n) is 5.02. The van der Waals surface area contributed by atoms with E-state index in [2.05, 4.69) is 10.2 Å². The fraction of sp³-hybridized carbons (Fsp3) is 0.273. The number of H-pyrrole nitrogens is 1. The number of nitrogens with one attached hydrogen (secondary N) is 1. The van der Waals surface area contributed by atoms with Crippen molar-refractivity contribution in [3.8, 4) is 17.0 Å². The van der Waals surface area contributed by atoms with Crippen LogP contribution in [-0.2, 0) is 0 Å². The zero-order valence-corrected chi connectivity index (χ0v) is 15.9. The van der Waals surface area contributed by atoms with E-state index >= 15 is 0 Å². The van der Waals surface area contributed by atoms with E-state index < -0.39 is 0 Å². The molecule has 4 rings (SSSR count). The molecule has 5 nitrogen and oxygen atoms in total. The molecule has 0 saturated heterocycles. The Morgan fingerprint density at radius 2 is 1.67 bits per heavy atom. The van der Waals surface area contributed by atoms with E-state index in [1.54, 1.807) is 12.1 Å². The van der Waals surface area contributed by atoms with Gasteiger partial charge in [0.1, 0.15) is 11.4 Å². The molecule has 0 aliphatic carbocycles. The molecular weight excluding hydrogens is 338 g/mol. The highest BCUT2D eigenvalue weighted by atomic mass is 16.3. The number of aromatic amines is 1. The second kappa shape index (κ2) is 5.98. The van der Waals surface area contributed by atoms with Gasteiger partial charge in [-0.3, -0.25) is 9.89 Å². The molecule has 2 aromatic carbocycles. The Bertz CT molecular complexity index is 996. The molecule has 0 spiro atoms. The van der Waals surface area contributed by atoms with Crippen LogP contribution in [0.25, 0.3) is 11.3 Å². The normalized spacial score (nSPS) is 16.7. The summed E-state index contributed by atoms with van der Waals surface area (Å²) in [7, 11) is 0. The number of aromatic nitrogens is 2. The zero-order chi connectivity index (χ0) is 19.3. The van der Waals surface area contributed by atoms with E-state index in [9.17, 15) is 9.90 Å². The number of hydrogen-bond acceptors (Lipinski definition) is 3. The molecule has 1 aliphatic rings. The highest BCUT2D eigenvalue weighted by Crippen LogP contribution is 2.46. The predicted octanol–water partition coefficient (Wildman–Crippen LogP) is 4.43. The average Bonchev–Trinajstić information content (AvgIpc) is 3.15. The van der Waals surface area contributed by atoms with E-state index in [1.165, 1.54) is 5.56 Å². The van der Waals surface area contributed by atoms with Crippen LogP contribution in [0, 0.1) is 6.92 Å². The second-order valence-electron chi connectivity index (χ2n) is 8.07. The van der Waals surface area contributed by atoms with Crippen LogP contribution in [0.2, 0.25) is 0 Å². The fourth-order valence-electron chi connectivity index (χ4n) is 3.74. The van der Waals surface area contributed by atoms with Crippen molar-refractivity contribution in [2.75, 3.05) is 0 Å². The van der Waals surface area contributed by atoms with Crippen LogP contribution in [0.5, 0.6) is 5.75 Å². The summed E-state index contributed by atoms with van der Waals surface area (Å²) >= 11 is 0. The minimum Gasteiger partial charge on any atom is -0.508 e. The van der Waals surface area contributed by atoms with Crippen molar-refractivity contribution >= 4 is 5.91 Å². The van der Waals surface area contributed by atoms with Gasteiger partial charge in [0.2, 0.25) is 0 Å². The molecule has 27 heavy (non-hydrogen) atoms. The third-order valence-corrected chi connectivity index (χ3v) is 5.02. The number of nitrogens with zero attached hydrogens (tertiary/aromatic N) is 2. The molecule has 0 radical (unpaired) electrons. The van der Waals surface area contributed by atoms with E-state index in [0.29, 0.717) is 5.69 Å². The monoisotopic (exact) mass is 361 g/mol. The molecular formula is C22H23N3O2. The van der Waals surface area contributed by atoms with Crippen molar-refractivity contribution in [3.05, 3.63) is 70.9 Å². The van der Waals surface area contributed by atoms with Crippen LogP contribution in [0.3, 0.4) is 0 Å². The number of rotatable bonds is 2. The predicted molar refractivity (Wildman–Crippen MR) is 105 cm³/mol. The molecule has 2 heterocycles. The first-order valence-corrected chi connectivity index (χ1v) is 9.05. The first-order valence-electron chi connectivity index (χ1n) is 9.05. The number of benzene rings is 2. The van der Waals surface area contributed by atoms with E-state index in [-0.39, 0.29) is 23.2 Å². The van der Waals surface area contributed by atoms with Crippen molar-refractivity contribution in [1.82, 2.24) is 15.1 Å². The van der Waals surface area contributed by atoms with Gasteiger partial charge < -0.3 is 10.0 Å². The van der Waals surface area contributed by atoms with Gasteiger partial charge >= 0.3 is 0 Å². The number of phenolic OH excluding ortho intramolecular Hbond substituents is 1. The molecule has 1 unspecified atom stereocenters. The number of aryl methyl sites for hydroxylation is 1. The number of fused-ring (bicyclic) bond motifs is 1. The Kier molecular flexibility index (Phi) is 3.84. The summed E-state index contributed by atoms with van der Waals surface area (Å²) in [4.78, 5) is 15.1. The maximum absolute atomic E-state index is 13.2. The maximum Gasteiger partial charge on any atom is 0.273 e. The molecule has 0 bridgehead atoms. The van der Waals surface area contributed by atoms with Crippen LogP contribution < -0.4 is 0 Å². The molecule has 0 fully saturated rings. The first-order chi connectivity index (χ1) is 12.8. The van der Waals surface area contributed by atoms with Gasteiger partial charge in [0.25, 0.3) is 5.91 Å². The lowest BCUT2D eigenvalue weighted by atomic mass is 9.93. The van der Waals surface area contributed by atoms with Crippen LogP contribution in [0.15, 0.2) is 48.5 Å². The summed E-state index contributed by atoms with van der Waals surface area (Å²) in [6, 6.07) is 14.9. The van der Waals surface area contributed by atoms with Gasteiger partial charge in [-0.15, -0.1) is 0 Å². The number of amides is 1. The Labute approximate surface area is 158 Å². The highest BCUT2D eigenvalue weighted by Gasteiger charge is 2.46. The quantitative estimate of drug-likeness (QED) is 0.709. The van der Waals surface area contributed by atoms with Crippen LogP contribution in [0.4, 0.5) is 0 Å². The van der Waals surface area contributed by atoms with Crippen molar-refractivity contribution in [2.45, 2.75) is 39.3 Å². The number of phenols is 1. The van der Waals surface area contributed by atoms with Crippen LogP contribution in [0.1, 0.15) is 54.0 Å². The molecule has 0 saturated carbocycles. The molecule has 5 heteroatoms. The van der Waals surface area contributed by atoms with Crippen LogP contribution in [-0.4, -0.2) is 31.6 Å². The molecule has 3 aromatic rings. The van der Waals surface area contributed by atoms with Gasteiger partial charge in [0.05, 0.1) is 11.7 Å². The lowest BCUT2D eigenvalue weighted by Gasteiger charge is -2.37. The lowest BCUT2D eigenvalue weighted by Crippen LogP contribution is -2.44. The summed E-state index contributed by atoms with van der Waals surface area (Å²) in [6.45, 7) is 8.14. The Hall–Kier alpha value is -3.08. The summed E-state index contributed by atoms with van der Waals surface area (Å²) in [6.07, 6.45) is 0. The molecule has 1 amide bonds. The standard InChI is InChI=1S/C22H23N3O2/c1-13-5-7-14(8-6-13)18-17-19(24-23-18)21(27)25(22(2,3)4)20(17)15-9-11-16(26)12-10-15/h5-12,20,26H,1-4H3,(H,23,24). The largest absolute Gasteiger partial charge is 0.508 e. The topological polar surface area (TPSA) is 69.2 Å². The lowest BCUT2D eigenvalue weighted by molar-refractivity contribution is 0.0546. The average molecular weight is 361 g/mol. The van der Waals surface area contributed by atoms with Crippen molar-refractivity contribution in [1.29, 1.82) is 0 Å². The van der Waals surface area contributed by atoms with E-state index in [4.69, 9.17) is 0 Å². The van der Waals surface area contributed by atoms with Gasteiger partial charge in [-0.2, -0.15) is 5.10 Å². The third kappa shape index (κ3) is 2.79. The number of hydrogen-bond donors (Lipinski definition) is 2. The Morgan fingerprint density at radius 3 is 2.26 bits per heavy atom. The summed E-state index contributed by atoms with van der Waals surface area (Å²) in [5.41, 5.74) is 4.96. The minimum atomic E-state index is -0.371. The zero-order valence-electron chi connectivity index (χ0n) is 15.9. The van der Waals surface area contributed by atoms with Gasteiger partial charge in [0, 0.05) is 16.7 Å². The van der Waals surface area contributed by atoms with Crippen molar-refractivity contribution < 1.29 is 9.90 Å². The fourth-order valence-corrected chi connectivity index (χ4v) is 3.74. The van der Waals surface area contributed by atoms with Gasteiger partial charge in [-0.1, -0.05) is 42.0 Å². The molecule has 1 aromatic heterocycles. The summed E-state index contributed by atoms with van der Waals surface area (Å²) < 4.78 is 0. The maximum atomic E-state index is 13.2. The van der Waals surface area contributed by atoms with E-state index in [1.807, 2.05) is 69.0 Å². The number of aromatic hydroxyl groups is 1. The molecule has 2 N–H and O–H groups in total. The van der Waals surface area contributed by atoms with Crippen molar-refractivity contribution in [3.63, 3.8) is 0 Å². The first kappa shape index (κ1) is 17.3. The Morgan fingerprint density at radius 1 is 1.04 bits per heavy atom. The summed E-state index contributed by atoms with van der Waals surface area (Å²) in [5, 5.41) is 17.1. The SMILES string of the molecule is Cc1ccc(-c2n[nH]c3c2C(c2ccc(O)cc2)N(C(C)(C)C)C3=O)cc1. The van der Waals surface area contributed by atoms with Crippen molar-refractivity contribution in [2.24, 2.45) is 0 Å².